The monoisotopic (exact) mass is 213 g/mol. The Balaban J connectivity index is 2.48. The molecule has 15 heavy (non-hydrogen) atoms. The number of hydrogen-bond acceptors (Lipinski definition) is 2. The highest BCUT2D eigenvalue weighted by Gasteiger charge is 2.29. The molecule has 2 heteroatoms. The van der Waals surface area contributed by atoms with E-state index in [0.29, 0.717) is 12.1 Å². The molecular formula is C13H27NO. The Labute approximate surface area is 95.0 Å². The Morgan fingerprint density at radius 3 is 2.53 bits per heavy atom. The molecule has 1 aliphatic rings. The Morgan fingerprint density at radius 2 is 1.93 bits per heavy atom. The summed E-state index contributed by atoms with van der Waals surface area (Å²) in [5, 5.41) is 0. The molecule has 90 valence electrons. The number of ether oxygens (including phenoxy) is 1. The lowest BCUT2D eigenvalue weighted by atomic mass is 9.97. The lowest BCUT2D eigenvalue weighted by molar-refractivity contribution is -0.0756. The van der Waals surface area contributed by atoms with Gasteiger partial charge in [-0.2, -0.15) is 0 Å². The van der Waals surface area contributed by atoms with E-state index >= 15 is 0 Å². The lowest BCUT2D eigenvalue weighted by Crippen LogP contribution is -2.50. The summed E-state index contributed by atoms with van der Waals surface area (Å²) in [6.45, 7) is 10.0. The highest BCUT2D eigenvalue weighted by molar-refractivity contribution is 4.83. The van der Waals surface area contributed by atoms with Crippen molar-refractivity contribution >= 4 is 0 Å². The van der Waals surface area contributed by atoms with Crippen LogP contribution in [0.4, 0.5) is 0 Å². The van der Waals surface area contributed by atoms with Crippen molar-refractivity contribution in [3.63, 3.8) is 0 Å². The van der Waals surface area contributed by atoms with Gasteiger partial charge in [0.1, 0.15) is 0 Å². The SMILES string of the molecule is CCCCC1OCCN(CC)C1CCC. The van der Waals surface area contributed by atoms with Crippen LogP contribution in [0.5, 0.6) is 0 Å². The quantitative estimate of drug-likeness (QED) is 0.672. The average molecular weight is 213 g/mol. The summed E-state index contributed by atoms with van der Waals surface area (Å²) in [6, 6.07) is 0.681. The molecule has 2 nitrogen and oxygen atoms in total. The minimum atomic E-state index is 0.499. The zero-order chi connectivity index (χ0) is 11.1. The maximum absolute atomic E-state index is 5.94. The van der Waals surface area contributed by atoms with Gasteiger partial charge in [0.15, 0.2) is 0 Å². The summed E-state index contributed by atoms with van der Waals surface area (Å²) in [5.74, 6) is 0. The molecule has 2 atom stereocenters. The molecule has 2 unspecified atom stereocenters. The molecule has 0 saturated carbocycles. The summed E-state index contributed by atoms with van der Waals surface area (Å²) >= 11 is 0. The summed E-state index contributed by atoms with van der Waals surface area (Å²) in [6.07, 6.45) is 6.90. The number of nitrogens with zero attached hydrogens (tertiary/aromatic N) is 1. The predicted octanol–water partition coefficient (Wildman–Crippen LogP) is 3.07. The molecule has 0 amide bonds. The largest absolute Gasteiger partial charge is 0.375 e. The molecule has 0 aromatic rings. The first-order chi connectivity index (χ1) is 7.33. The van der Waals surface area contributed by atoms with Gasteiger partial charge in [0.05, 0.1) is 12.7 Å². The lowest BCUT2D eigenvalue weighted by Gasteiger charge is -2.41. The van der Waals surface area contributed by atoms with Gasteiger partial charge in [0, 0.05) is 12.6 Å². The first-order valence-electron chi connectivity index (χ1n) is 6.69. The summed E-state index contributed by atoms with van der Waals surface area (Å²) in [5.41, 5.74) is 0. The normalized spacial score (nSPS) is 28.2. The van der Waals surface area contributed by atoms with Crippen molar-refractivity contribution < 1.29 is 4.74 Å². The molecule has 0 spiro atoms. The number of rotatable bonds is 6. The summed E-state index contributed by atoms with van der Waals surface area (Å²) in [7, 11) is 0. The van der Waals surface area contributed by atoms with Crippen molar-refractivity contribution in [1.29, 1.82) is 0 Å². The fourth-order valence-corrected chi connectivity index (χ4v) is 2.57. The second-order valence-electron chi connectivity index (χ2n) is 4.54. The van der Waals surface area contributed by atoms with E-state index in [1.807, 2.05) is 0 Å². The molecule has 0 aromatic carbocycles. The molecule has 1 saturated heterocycles. The molecule has 1 fully saturated rings. The number of unbranched alkanes of at least 4 members (excludes halogenated alkanes) is 1. The van der Waals surface area contributed by atoms with Gasteiger partial charge in [0.2, 0.25) is 0 Å². The fourth-order valence-electron chi connectivity index (χ4n) is 2.57. The Bertz CT molecular complexity index is 161. The summed E-state index contributed by atoms with van der Waals surface area (Å²) in [4.78, 5) is 2.60. The van der Waals surface area contributed by atoms with E-state index in [0.717, 1.165) is 13.2 Å². The van der Waals surface area contributed by atoms with E-state index in [-0.39, 0.29) is 0 Å². The minimum Gasteiger partial charge on any atom is -0.375 e. The van der Waals surface area contributed by atoms with E-state index in [9.17, 15) is 0 Å². The molecule has 0 N–H and O–H groups in total. The van der Waals surface area contributed by atoms with Gasteiger partial charge in [-0.05, 0) is 19.4 Å². The number of likely N-dealkylation sites (N-methyl/N-ethyl adjacent to an activating group) is 1. The van der Waals surface area contributed by atoms with Gasteiger partial charge in [-0.1, -0.05) is 40.0 Å². The Morgan fingerprint density at radius 1 is 1.13 bits per heavy atom. The molecule has 1 rings (SSSR count). The van der Waals surface area contributed by atoms with Crippen molar-refractivity contribution in [2.45, 2.75) is 65.0 Å². The fraction of sp³-hybridized carbons (Fsp3) is 1.00. The van der Waals surface area contributed by atoms with Crippen molar-refractivity contribution in [1.82, 2.24) is 4.90 Å². The van der Waals surface area contributed by atoms with Crippen LogP contribution in [0.25, 0.3) is 0 Å². The zero-order valence-electron chi connectivity index (χ0n) is 10.7. The van der Waals surface area contributed by atoms with Gasteiger partial charge in [-0.15, -0.1) is 0 Å². The zero-order valence-corrected chi connectivity index (χ0v) is 10.7. The van der Waals surface area contributed by atoms with E-state index in [1.165, 1.54) is 38.6 Å². The van der Waals surface area contributed by atoms with E-state index < -0.39 is 0 Å². The number of morpholine rings is 1. The van der Waals surface area contributed by atoms with Crippen LogP contribution in [-0.2, 0) is 4.74 Å². The van der Waals surface area contributed by atoms with Crippen LogP contribution >= 0.6 is 0 Å². The maximum atomic E-state index is 5.94. The number of hydrogen-bond donors (Lipinski definition) is 0. The van der Waals surface area contributed by atoms with E-state index in [2.05, 4.69) is 25.7 Å². The van der Waals surface area contributed by atoms with Crippen LogP contribution in [0.2, 0.25) is 0 Å². The van der Waals surface area contributed by atoms with Crippen LogP contribution in [0.3, 0.4) is 0 Å². The maximum Gasteiger partial charge on any atom is 0.0730 e. The van der Waals surface area contributed by atoms with Crippen LogP contribution in [0.1, 0.15) is 52.9 Å². The minimum absolute atomic E-state index is 0.499. The summed E-state index contributed by atoms with van der Waals surface area (Å²) < 4.78 is 5.94. The highest BCUT2D eigenvalue weighted by Crippen LogP contribution is 2.22. The molecule has 0 aromatic heterocycles. The highest BCUT2D eigenvalue weighted by atomic mass is 16.5. The third-order valence-electron chi connectivity index (χ3n) is 3.44. The second kappa shape index (κ2) is 7.24. The topological polar surface area (TPSA) is 12.5 Å². The van der Waals surface area contributed by atoms with Gasteiger partial charge in [-0.3, -0.25) is 4.90 Å². The average Bonchev–Trinajstić information content (AvgIpc) is 2.28. The smallest absolute Gasteiger partial charge is 0.0730 e. The third kappa shape index (κ3) is 3.76. The molecule has 0 aliphatic carbocycles. The van der Waals surface area contributed by atoms with Gasteiger partial charge in [-0.25, -0.2) is 0 Å². The molecule has 0 radical (unpaired) electrons. The van der Waals surface area contributed by atoms with Crippen LogP contribution in [-0.4, -0.2) is 36.7 Å². The van der Waals surface area contributed by atoms with Gasteiger partial charge < -0.3 is 4.74 Å². The second-order valence-corrected chi connectivity index (χ2v) is 4.54. The molecule has 0 bridgehead atoms. The molecular weight excluding hydrogens is 186 g/mol. The van der Waals surface area contributed by atoms with Crippen molar-refractivity contribution in [2.75, 3.05) is 19.7 Å². The Hall–Kier alpha value is -0.0800. The van der Waals surface area contributed by atoms with Gasteiger partial charge >= 0.3 is 0 Å². The van der Waals surface area contributed by atoms with E-state index in [1.54, 1.807) is 0 Å². The molecule has 1 heterocycles. The molecule has 1 aliphatic heterocycles. The van der Waals surface area contributed by atoms with Crippen LogP contribution < -0.4 is 0 Å². The third-order valence-corrected chi connectivity index (χ3v) is 3.44. The first kappa shape index (κ1) is 13.0. The van der Waals surface area contributed by atoms with Crippen molar-refractivity contribution in [2.24, 2.45) is 0 Å². The predicted molar refractivity (Wildman–Crippen MR) is 65.2 cm³/mol. The van der Waals surface area contributed by atoms with Crippen LogP contribution in [0.15, 0.2) is 0 Å². The van der Waals surface area contributed by atoms with Crippen molar-refractivity contribution in [3.05, 3.63) is 0 Å². The first-order valence-corrected chi connectivity index (χ1v) is 6.69. The van der Waals surface area contributed by atoms with E-state index in [4.69, 9.17) is 4.74 Å². The Kier molecular flexibility index (Phi) is 6.26. The van der Waals surface area contributed by atoms with Crippen LogP contribution in [0, 0.1) is 0 Å². The van der Waals surface area contributed by atoms with Crippen molar-refractivity contribution in [3.8, 4) is 0 Å². The van der Waals surface area contributed by atoms with Gasteiger partial charge in [0.25, 0.3) is 0 Å². The standard InChI is InChI=1S/C13H27NO/c1-4-7-9-13-12(8-5-2)14(6-3)10-11-15-13/h12-13H,4-11H2,1-3H3.